The molecule has 92 valence electrons. The molecule has 0 spiro atoms. The zero-order valence-electron chi connectivity index (χ0n) is 10.4. The van der Waals surface area contributed by atoms with Gasteiger partial charge in [0.2, 0.25) is 11.8 Å². The lowest BCUT2D eigenvalue weighted by Crippen LogP contribution is -2.40. The minimum absolute atomic E-state index is 0.214. The van der Waals surface area contributed by atoms with E-state index in [1.165, 1.54) is 12.5 Å². The Morgan fingerprint density at radius 2 is 1.82 bits per heavy atom. The molecule has 2 N–H and O–H groups in total. The molecule has 0 bridgehead atoms. The van der Waals surface area contributed by atoms with Crippen LogP contribution in [0.4, 0.5) is 5.69 Å². The summed E-state index contributed by atoms with van der Waals surface area (Å²) >= 11 is 0. The first kappa shape index (κ1) is 13.2. The maximum absolute atomic E-state index is 11.7. The number of carbonyl (C=O) groups is 2. The Bertz CT molecular complexity index is 398. The van der Waals surface area contributed by atoms with Gasteiger partial charge in [0.1, 0.15) is 6.04 Å². The van der Waals surface area contributed by atoms with Gasteiger partial charge < -0.3 is 10.6 Å². The Hall–Kier alpha value is -1.84. The van der Waals surface area contributed by atoms with E-state index in [9.17, 15) is 9.59 Å². The first-order chi connectivity index (χ1) is 8.02. The third-order valence-electron chi connectivity index (χ3n) is 2.44. The Morgan fingerprint density at radius 1 is 1.24 bits per heavy atom. The highest BCUT2D eigenvalue weighted by Crippen LogP contribution is 2.10. The summed E-state index contributed by atoms with van der Waals surface area (Å²) in [5.74, 6) is -0.432. The van der Waals surface area contributed by atoms with Gasteiger partial charge in [-0.05, 0) is 31.0 Å². The highest BCUT2D eigenvalue weighted by Gasteiger charge is 2.13. The summed E-state index contributed by atoms with van der Waals surface area (Å²) in [6, 6.07) is 7.13. The molecule has 1 aromatic carbocycles. The summed E-state index contributed by atoms with van der Waals surface area (Å²) in [4.78, 5) is 22.5. The standard InChI is InChI=1S/C13H18N2O2/c1-4-11-5-7-12(8-6-11)15-13(17)9(2)14-10(3)16/h5-9H,4H2,1-3H3,(H,14,16)(H,15,17)/t9-/m0/s1. The second kappa shape index (κ2) is 6.03. The predicted molar refractivity (Wildman–Crippen MR) is 67.7 cm³/mol. The fourth-order valence-electron chi connectivity index (χ4n) is 1.44. The summed E-state index contributed by atoms with van der Waals surface area (Å²) < 4.78 is 0. The molecule has 0 saturated heterocycles. The van der Waals surface area contributed by atoms with Gasteiger partial charge >= 0.3 is 0 Å². The summed E-state index contributed by atoms with van der Waals surface area (Å²) in [7, 11) is 0. The van der Waals surface area contributed by atoms with Crippen molar-refractivity contribution in [2.75, 3.05) is 5.32 Å². The molecule has 0 aliphatic carbocycles. The van der Waals surface area contributed by atoms with Gasteiger partial charge in [-0.25, -0.2) is 0 Å². The normalized spacial score (nSPS) is 11.7. The first-order valence-electron chi connectivity index (χ1n) is 5.69. The third-order valence-corrected chi connectivity index (χ3v) is 2.44. The van der Waals surface area contributed by atoms with E-state index in [2.05, 4.69) is 17.6 Å². The molecule has 4 nitrogen and oxygen atoms in total. The number of nitrogens with one attached hydrogen (secondary N) is 2. The number of aryl methyl sites for hydroxylation is 1. The monoisotopic (exact) mass is 234 g/mol. The summed E-state index contributed by atoms with van der Waals surface area (Å²) in [6.07, 6.45) is 0.969. The average Bonchev–Trinajstić information content (AvgIpc) is 2.29. The number of hydrogen-bond acceptors (Lipinski definition) is 2. The van der Waals surface area contributed by atoms with E-state index in [4.69, 9.17) is 0 Å². The Balaban J connectivity index is 2.58. The van der Waals surface area contributed by atoms with Crippen molar-refractivity contribution in [3.05, 3.63) is 29.8 Å². The molecule has 4 heteroatoms. The maximum Gasteiger partial charge on any atom is 0.246 e. The molecule has 0 heterocycles. The Morgan fingerprint density at radius 3 is 2.29 bits per heavy atom. The highest BCUT2D eigenvalue weighted by molar-refractivity contribution is 5.96. The molecule has 17 heavy (non-hydrogen) atoms. The zero-order chi connectivity index (χ0) is 12.8. The Kier molecular flexibility index (Phi) is 4.69. The molecule has 0 fully saturated rings. The van der Waals surface area contributed by atoms with Crippen LogP contribution < -0.4 is 10.6 Å². The maximum atomic E-state index is 11.7. The van der Waals surface area contributed by atoms with Crippen LogP contribution in [-0.4, -0.2) is 17.9 Å². The van der Waals surface area contributed by atoms with E-state index in [1.807, 2.05) is 24.3 Å². The quantitative estimate of drug-likeness (QED) is 0.833. The van der Waals surface area contributed by atoms with Gasteiger partial charge in [-0.2, -0.15) is 0 Å². The fraction of sp³-hybridized carbons (Fsp3) is 0.385. The molecule has 0 aliphatic rings. The summed E-state index contributed by atoms with van der Waals surface area (Å²) in [5.41, 5.74) is 1.96. The number of amides is 2. The van der Waals surface area contributed by atoms with Crippen LogP contribution in [0, 0.1) is 0 Å². The second-order valence-electron chi connectivity index (χ2n) is 3.96. The van der Waals surface area contributed by atoms with Crippen molar-refractivity contribution in [3.63, 3.8) is 0 Å². The number of carbonyl (C=O) groups excluding carboxylic acids is 2. The van der Waals surface area contributed by atoms with E-state index in [1.54, 1.807) is 6.92 Å². The largest absolute Gasteiger partial charge is 0.345 e. The predicted octanol–water partition coefficient (Wildman–Crippen LogP) is 1.71. The lowest BCUT2D eigenvalue weighted by Gasteiger charge is -2.12. The van der Waals surface area contributed by atoms with Crippen molar-refractivity contribution in [1.29, 1.82) is 0 Å². The van der Waals surface area contributed by atoms with Crippen LogP contribution in [0.25, 0.3) is 0 Å². The third kappa shape index (κ3) is 4.26. The highest BCUT2D eigenvalue weighted by atomic mass is 16.2. The smallest absolute Gasteiger partial charge is 0.246 e. The van der Waals surface area contributed by atoms with E-state index in [0.29, 0.717) is 0 Å². The minimum Gasteiger partial charge on any atom is -0.345 e. The molecule has 1 atom stereocenters. The van der Waals surface area contributed by atoms with Gasteiger partial charge in [-0.1, -0.05) is 19.1 Å². The number of rotatable bonds is 4. The van der Waals surface area contributed by atoms with Crippen molar-refractivity contribution in [1.82, 2.24) is 5.32 Å². The van der Waals surface area contributed by atoms with Gasteiger partial charge in [0, 0.05) is 12.6 Å². The molecule has 0 saturated carbocycles. The SMILES string of the molecule is CCc1ccc(NC(=O)[C@H](C)NC(C)=O)cc1. The summed E-state index contributed by atoms with van der Waals surface area (Å²) in [5, 5.41) is 5.28. The molecule has 0 radical (unpaired) electrons. The molecule has 0 unspecified atom stereocenters. The molecule has 1 aromatic rings. The molecule has 2 amide bonds. The molecular formula is C13H18N2O2. The van der Waals surface area contributed by atoms with Crippen molar-refractivity contribution in [2.24, 2.45) is 0 Å². The van der Waals surface area contributed by atoms with Crippen LogP contribution in [0.15, 0.2) is 24.3 Å². The van der Waals surface area contributed by atoms with E-state index < -0.39 is 6.04 Å². The molecule has 0 aliphatic heterocycles. The van der Waals surface area contributed by atoms with Crippen LogP contribution in [0.1, 0.15) is 26.3 Å². The van der Waals surface area contributed by atoms with Crippen molar-refractivity contribution in [2.45, 2.75) is 33.2 Å². The van der Waals surface area contributed by atoms with Gasteiger partial charge in [-0.3, -0.25) is 9.59 Å². The minimum atomic E-state index is -0.529. The Labute approximate surface area is 101 Å². The van der Waals surface area contributed by atoms with Gasteiger partial charge in [-0.15, -0.1) is 0 Å². The lowest BCUT2D eigenvalue weighted by molar-refractivity contribution is -0.124. The van der Waals surface area contributed by atoms with Gasteiger partial charge in [0.15, 0.2) is 0 Å². The van der Waals surface area contributed by atoms with Crippen LogP contribution in [0.2, 0.25) is 0 Å². The number of hydrogen-bond donors (Lipinski definition) is 2. The van der Waals surface area contributed by atoms with E-state index in [0.717, 1.165) is 12.1 Å². The van der Waals surface area contributed by atoms with E-state index >= 15 is 0 Å². The van der Waals surface area contributed by atoms with Crippen LogP contribution in [-0.2, 0) is 16.0 Å². The van der Waals surface area contributed by atoms with Crippen LogP contribution >= 0.6 is 0 Å². The number of benzene rings is 1. The van der Waals surface area contributed by atoms with Gasteiger partial charge in [0.25, 0.3) is 0 Å². The first-order valence-corrected chi connectivity index (χ1v) is 5.69. The zero-order valence-corrected chi connectivity index (χ0v) is 10.4. The lowest BCUT2D eigenvalue weighted by atomic mass is 10.1. The summed E-state index contributed by atoms with van der Waals surface area (Å²) in [6.45, 7) is 5.11. The number of anilines is 1. The molecule has 1 rings (SSSR count). The van der Waals surface area contributed by atoms with Gasteiger partial charge in [0.05, 0.1) is 0 Å². The average molecular weight is 234 g/mol. The van der Waals surface area contributed by atoms with Crippen LogP contribution in [0.5, 0.6) is 0 Å². The second-order valence-corrected chi connectivity index (χ2v) is 3.96. The van der Waals surface area contributed by atoms with Crippen LogP contribution in [0.3, 0.4) is 0 Å². The van der Waals surface area contributed by atoms with Crippen molar-refractivity contribution >= 4 is 17.5 Å². The van der Waals surface area contributed by atoms with Crippen molar-refractivity contribution < 1.29 is 9.59 Å². The molecular weight excluding hydrogens is 216 g/mol. The van der Waals surface area contributed by atoms with E-state index in [-0.39, 0.29) is 11.8 Å². The fourth-order valence-corrected chi connectivity index (χ4v) is 1.44. The molecule has 0 aromatic heterocycles. The topological polar surface area (TPSA) is 58.2 Å². The van der Waals surface area contributed by atoms with Crippen molar-refractivity contribution in [3.8, 4) is 0 Å².